The maximum absolute atomic E-state index is 12.0. The van der Waals surface area contributed by atoms with Crippen molar-refractivity contribution in [3.05, 3.63) is 0 Å². The predicted octanol–water partition coefficient (Wildman–Crippen LogP) is 0.812. The average molecular weight is 298 g/mol. The third-order valence-corrected chi connectivity index (χ3v) is 4.79. The molecule has 0 saturated carbocycles. The van der Waals surface area contributed by atoms with E-state index in [1.807, 2.05) is 11.8 Å². The molecule has 21 heavy (non-hydrogen) atoms. The number of carbonyl (C=O) groups is 2. The van der Waals surface area contributed by atoms with Crippen LogP contribution in [-0.4, -0.2) is 72.7 Å². The number of amides is 1. The summed E-state index contributed by atoms with van der Waals surface area (Å²) in [5.41, 5.74) is -0.575. The second-order valence-electron chi connectivity index (χ2n) is 6.06. The van der Waals surface area contributed by atoms with Crippen LogP contribution in [0, 0.1) is 5.41 Å². The molecule has 2 saturated heterocycles. The van der Waals surface area contributed by atoms with Crippen LogP contribution in [0.25, 0.3) is 0 Å². The molecule has 2 rings (SSSR count). The van der Waals surface area contributed by atoms with E-state index in [0.717, 1.165) is 25.9 Å². The molecule has 2 heterocycles. The molecular weight excluding hydrogens is 272 g/mol. The Morgan fingerprint density at radius 3 is 2.52 bits per heavy atom. The topological polar surface area (TPSA) is 70.1 Å². The van der Waals surface area contributed by atoms with Gasteiger partial charge < -0.3 is 19.6 Å². The maximum Gasteiger partial charge on any atom is 0.310 e. The molecule has 2 fully saturated rings. The monoisotopic (exact) mass is 298 g/mol. The molecule has 0 aliphatic carbocycles. The smallest absolute Gasteiger partial charge is 0.310 e. The van der Waals surface area contributed by atoms with Gasteiger partial charge in [-0.25, -0.2) is 0 Å². The summed E-state index contributed by atoms with van der Waals surface area (Å²) in [6, 6.07) is 0. The van der Waals surface area contributed by atoms with Crippen LogP contribution in [0.1, 0.15) is 32.6 Å². The van der Waals surface area contributed by atoms with Gasteiger partial charge in [-0.1, -0.05) is 6.92 Å². The summed E-state index contributed by atoms with van der Waals surface area (Å²) in [6.45, 7) is 6.85. The van der Waals surface area contributed by atoms with Crippen LogP contribution < -0.4 is 0 Å². The van der Waals surface area contributed by atoms with Crippen molar-refractivity contribution in [1.29, 1.82) is 0 Å². The average Bonchev–Trinajstić information content (AvgIpc) is 2.93. The number of carbonyl (C=O) groups excluding carboxylic acids is 1. The fourth-order valence-corrected chi connectivity index (χ4v) is 3.19. The van der Waals surface area contributed by atoms with Gasteiger partial charge in [-0.2, -0.15) is 0 Å². The zero-order chi connectivity index (χ0) is 15.3. The summed E-state index contributed by atoms with van der Waals surface area (Å²) in [4.78, 5) is 27.5. The van der Waals surface area contributed by atoms with E-state index >= 15 is 0 Å². The van der Waals surface area contributed by atoms with Crippen LogP contribution in [-0.2, 0) is 14.3 Å². The van der Waals surface area contributed by atoms with Gasteiger partial charge >= 0.3 is 5.97 Å². The van der Waals surface area contributed by atoms with Crippen LogP contribution in [0.15, 0.2) is 0 Å². The molecular formula is C15H26N2O4. The van der Waals surface area contributed by atoms with Crippen LogP contribution >= 0.6 is 0 Å². The first-order valence-corrected chi connectivity index (χ1v) is 7.89. The molecule has 1 atom stereocenters. The highest BCUT2D eigenvalue weighted by molar-refractivity contribution is 5.76. The van der Waals surface area contributed by atoms with E-state index in [1.54, 1.807) is 0 Å². The highest BCUT2D eigenvalue weighted by Gasteiger charge is 2.42. The molecule has 1 N–H and O–H groups in total. The van der Waals surface area contributed by atoms with Crippen molar-refractivity contribution in [2.24, 2.45) is 5.41 Å². The largest absolute Gasteiger partial charge is 0.481 e. The third-order valence-electron chi connectivity index (χ3n) is 4.79. The number of morpholine rings is 1. The lowest BCUT2D eigenvalue weighted by atomic mass is 9.84. The number of hydrogen-bond donors (Lipinski definition) is 1. The molecule has 0 bridgehead atoms. The molecule has 0 aromatic heterocycles. The molecule has 0 aromatic rings. The normalized spacial score (nSPS) is 27.0. The second kappa shape index (κ2) is 7.22. The number of ether oxygens (including phenoxy) is 1. The maximum atomic E-state index is 12.0. The van der Waals surface area contributed by atoms with E-state index in [9.17, 15) is 14.7 Å². The van der Waals surface area contributed by atoms with Gasteiger partial charge in [0.15, 0.2) is 0 Å². The Balaban J connectivity index is 1.70. The number of carboxylic acids is 1. The lowest BCUT2D eigenvalue weighted by molar-refractivity contribution is -0.148. The molecule has 1 unspecified atom stereocenters. The lowest BCUT2D eigenvalue weighted by Gasteiger charge is -2.27. The fourth-order valence-electron chi connectivity index (χ4n) is 3.19. The van der Waals surface area contributed by atoms with E-state index < -0.39 is 11.4 Å². The highest BCUT2D eigenvalue weighted by Crippen LogP contribution is 2.34. The zero-order valence-electron chi connectivity index (χ0n) is 12.8. The molecule has 2 aliphatic heterocycles. The van der Waals surface area contributed by atoms with Crippen LogP contribution in [0.2, 0.25) is 0 Å². The van der Waals surface area contributed by atoms with Crippen molar-refractivity contribution in [2.75, 3.05) is 45.9 Å². The highest BCUT2D eigenvalue weighted by atomic mass is 16.5. The van der Waals surface area contributed by atoms with E-state index in [-0.39, 0.29) is 5.91 Å². The van der Waals surface area contributed by atoms with Crippen LogP contribution in [0.5, 0.6) is 0 Å². The number of nitrogens with zero attached hydrogens (tertiary/aromatic N) is 2. The Bertz CT molecular complexity index is 382. The summed E-state index contributed by atoms with van der Waals surface area (Å²) in [7, 11) is 0. The Morgan fingerprint density at radius 1 is 1.24 bits per heavy atom. The van der Waals surface area contributed by atoms with Gasteiger partial charge in [0, 0.05) is 26.1 Å². The number of likely N-dealkylation sites (tertiary alicyclic amines) is 1. The quantitative estimate of drug-likeness (QED) is 0.786. The summed E-state index contributed by atoms with van der Waals surface area (Å²) in [5.74, 6) is -0.491. The van der Waals surface area contributed by atoms with Gasteiger partial charge in [-0.3, -0.25) is 9.59 Å². The summed E-state index contributed by atoms with van der Waals surface area (Å²) in [5, 5.41) is 9.37. The Morgan fingerprint density at radius 2 is 1.95 bits per heavy atom. The van der Waals surface area contributed by atoms with E-state index in [4.69, 9.17) is 4.74 Å². The molecule has 120 valence electrons. The second-order valence-corrected chi connectivity index (χ2v) is 6.06. The lowest BCUT2D eigenvalue weighted by Crippen LogP contribution is -2.41. The number of rotatable bonds is 6. The number of hydrogen-bond acceptors (Lipinski definition) is 4. The molecule has 6 heteroatoms. The van der Waals surface area contributed by atoms with Crippen molar-refractivity contribution in [2.45, 2.75) is 32.6 Å². The van der Waals surface area contributed by atoms with E-state index in [1.165, 1.54) is 0 Å². The first-order chi connectivity index (χ1) is 10.1. The molecule has 0 aromatic carbocycles. The van der Waals surface area contributed by atoms with Crippen molar-refractivity contribution in [3.63, 3.8) is 0 Å². The van der Waals surface area contributed by atoms with Gasteiger partial charge in [0.2, 0.25) is 5.91 Å². The fraction of sp³-hybridized carbons (Fsp3) is 0.867. The van der Waals surface area contributed by atoms with E-state index in [2.05, 4.69) is 4.90 Å². The van der Waals surface area contributed by atoms with Crippen molar-refractivity contribution >= 4 is 11.9 Å². The van der Waals surface area contributed by atoms with Gasteiger partial charge in [-0.15, -0.1) is 0 Å². The first-order valence-electron chi connectivity index (χ1n) is 7.89. The summed E-state index contributed by atoms with van der Waals surface area (Å²) >= 11 is 0. The SMILES string of the molecule is CCC1(C(=O)O)CCN(CCCC(=O)N2CCOCC2)C1. The molecule has 0 radical (unpaired) electrons. The first kappa shape index (κ1) is 16.2. The van der Waals surface area contributed by atoms with Crippen LogP contribution in [0.4, 0.5) is 0 Å². The Hall–Kier alpha value is -1.14. The van der Waals surface area contributed by atoms with Gasteiger partial charge in [-0.05, 0) is 32.4 Å². The van der Waals surface area contributed by atoms with E-state index in [0.29, 0.717) is 45.7 Å². The molecule has 6 nitrogen and oxygen atoms in total. The Labute approximate surface area is 126 Å². The Kier molecular flexibility index (Phi) is 5.58. The van der Waals surface area contributed by atoms with Gasteiger partial charge in [0.1, 0.15) is 0 Å². The van der Waals surface area contributed by atoms with Crippen molar-refractivity contribution in [3.8, 4) is 0 Å². The van der Waals surface area contributed by atoms with Crippen LogP contribution in [0.3, 0.4) is 0 Å². The summed E-state index contributed by atoms with van der Waals surface area (Å²) < 4.78 is 5.24. The molecule has 0 spiro atoms. The number of carboxylic acid groups (broad SMARTS) is 1. The minimum absolute atomic E-state index is 0.192. The third kappa shape index (κ3) is 3.95. The van der Waals surface area contributed by atoms with Crippen molar-refractivity contribution < 1.29 is 19.4 Å². The van der Waals surface area contributed by atoms with Crippen molar-refractivity contribution in [1.82, 2.24) is 9.80 Å². The molecule has 2 aliphatic rings. The van der Waals surface area contributed by atoms with Gasteiger partial charge in [0.05, 0.1) is 18.6 Å². The number of aliphatic carboxylic acids is 1. The summed E-state index contributed by atoms with van der Waals surface area (Å²) in [6.07, 6.45) is 2.74. The standard InChI is InChI=1S/C15H26N2O4/c1-2-15(14(19)20)5-7-16(12-15)6-3-4-13(18)17-8-10-21-11-9-17/h2-12H2,1H3,(H,19,20). The minimum Gasteiger partial charge on any atom is -0.481 e. The predicted molar refractivity (Wildman–Crippen MR) is 78.0 cm³/mol. The minimum atomic E-state index is -0.683. The van der Waals surface area contributed by atoms with Gasteiger partial charge in [0.25, 0.3) is 0 Å². The zero-order valence-corrected chi connectivity index (χ0v) is 12.8. The molecule has 1 amide bonds.